The van der Waals surface area contributed by atoms with Gasteiger partial charge in [-0.25, -0.2) is 9.50 Å². The van der Waals surface area contributed by atoms with Crippen molar-refractivity contribution in [2.45, 2.75) is 19.3 Å². The average molecular weight is 330 g/mol. The van der Waals surface area contributed by atoms with E-state index in [2.05, 4.69) is 10.1 Å². The summed E-state index contributed by atoms with van der Waals surface area (Å²) in [5.41, 5.74) is 0.810. The standard InChI is InChI=1S/C17H22N4O3/c22-17(14-5-10-23-12-14)20-7-3-13(4-8-20)11-24-16-2-1-15-18-6-9-21(15)19-16/h1-2,6,9,13-14H,3-5,7-8,10-12H2. The van der Waals surface area contributed by atoms with E-state index in [1.807, 2.05) is 17.0 Å². The molecule has 2 fully saturated rings. The fraction of sp³-hybridized carbons (Fsp3) is 0.588. The van der Waals surface area contributed by atoms with Crippen LogP contribution in [0.2, 0.25) is 0 Å². The van der Waals surface area contributed by atoms with Gasteiger partial charge in [0.05, 0.1) is 19.1 Å². The summed E-state index contributed by atoms with van der Waals surface area (Å²) >= 11 is 0. The molecule has 0 radical (unpaired) electrons. The van der Waals surface area contributed by atoms with Crippen LogP contribution in [0, 0.1) is 11.8 Å². The molecule has 1 amide bonds. The number of carbonyl (C=O) groups is 1. The van der Waals surface area contributed by atoms with Crippen LogP contribution in [0.4, 0.5) is 0 Å². The molecule has 1 atom stereocenters. The Morgan fingerprint density at radius 2 is 2.17 bits per heavy atom. The van der Waals surface area contributed by atoms with E-state index in [-0.39, 0.29) is 11.8 Å². The maximum absolute atomic E-state index is 12.4. The van der Waals surface area contributed by atoms with Crippen LogP contribution in [0.3, 0.4) is 0 Å². The lowest BCUT2D eigenvalue weighted by Gasteiger charge is -2.33. The lowest BCUT2D eigenvalue weighted by atomic mass is 9.96. The van der Waals surface area contributed by atoms with E-state index in [1.54, 1.807) is 16.9 Å². The van der Waals surface area contributed by atoms with Crippen molar-refractivity contribution in [3.8, 4) is 5.88 Å². The highest BCUT2D eigenvalue weighted by atomic mass is 16.5. The van der Waals surface area contributed by atoms with Gasteiger partial charge in [0.2, 0.25) is 11.8 Å². The molecule has 0 spiro atoms. The largest absolute Gasteiger partial charge is 0.476 e. The van der Waals surface area contributed by atoms with Crippen molar-refractivity contribution in [1.29, 1.82) is 0 Å². The predicted octanol–water partition coefficient (Wildman–Crippen LogP) is 1.38. The fourth-order valence-electron chi connectivity index (χ4n) is 3.39. The Bertz CT molecular complexity index is 703. The normalized spacial score (nSPS) is 22.2. The summed E-state index contributed by atoms with van der Waals surface area (Å²) < 4.78 is 12.9. The van der Waals surface area contributed by atoms with Gasteiger partial charge in [0.25, 0.3) is 0 Å². The zero-order chi connectivity index (χ0) is 16.4. The van der Waals surface area contributed by atoms with Crippen molar-refractivity contribution < 1.29 is 14.3 Å². The van der Waals surface area contributed by atoms with Crippen LogP contribution in [0.25, 0.3) is 5.65 Å². The minimum absolute atomic E-state index is 0.0731. The molecule has 0 saturated carbocycles. The molecule has 7 heteroatoms. The van der Waals surface area contributed by atoms with Crippen LogP contribution >= 0.6 is 0 Å². The number of ether oxygens (including phenoxy) is 2. The van der Waals surface area contributed by atoms with Crippen LogP contribution in [0.15, 0.2) is 24.5 Å². The first-order valence-electron chi connectivity index (χ1n) is 8.59. The molecule has 0 aliphatic carbocycles. The second-order valence-corrected chi connectivity index (χ2v) is 6.54. The number of fused-ring (bicyclic) bond motifs is 1. The van der Waals surface area contributed by atoms with E-state index in [1.165, 1.54) is 0 Å². The molecule has 4 rings (SSSR count). The number of aromatic nitrogens is 3. The van der Waals surface area contributed by atoms with E-state index < -0.39 is 0 Å². The molecule has 2 aliphatic heterocycles. The van der Waals surface area contributed by atoms with E-state index in [0.717, 1.165) is 44.6 Å². The van der Waals surface area contributed by atoms with E-state index in [9.17, 15) is 4.79 Å². The molecule has 24 heavy (non-hydrogen) atoms. The Morgan fingerprint density at radius 1 is 1.29 bits per heavy atom. The zero-order valence-electron chi connectivity index (χ0n) is 13.6. The Labute approximate surface area is 140 Å². The van der Waals surface area contributed by atoms with Crippen LogP contribution in [-0.4, -0.2) is 58.3 Å². The Morgan fingerprint density at radius 3 is 2.96 bits per heavy atom. The van der Waals surface area contributed by atoms with Gasteiger partial charge in [-0.1, -0.05) is 0 Å². The number of imidazole rings is 1. The SMILES string of the molecule is O=C(C1CCOC1)N1CCC(COc2ccc3nccn3n2)CC1. The minimum atomic E-state index is 0.0731. The number of hydrogen-bond acceptors (Lipinski definition) is 5. The molecule has 2 aromatic rings. The van der Waals surface area contributed by atoms with E-state index >= 15 is 0 Å². The molecule has 0 N–H and O–H groups in total. The van der Waals surface area contributed by atoms with Gasteiger partial charge in [-0.3, -0.25) is 4.79 Å². The second kappa shape index (κ2) is 6.76. The summed E-state index contributed by atoms with van der Waals surface area (Å²) in [5.74, 6) is 1.42. The third-order valence-corrected chi connectivity index (χ3v) is 4.90. The van der Waals surface area contributed by atoms with Gasteiger partial charge in [-0.2, -0.15) is 0 Å². The third kappa shape index (κ3) is 3.21. The van der Waals surface area contributed by atoms with Crippen molar-refractivity contribution in [3.05, 3.63) is 24.5 Å². The average Bonchev–Trinajstić information content (AvgIpc) is 3.31. The topological polar surface area (TPSA) is 69.0 Å². The van der Waals surface area contributed by atoms with Crippen molar-refractivity contribution in [1.82, 2.24) is 19.5 Å². The second-order valence-electron chi connectivity index (χ2n) is 6.54. The Kier molecular flexibility index (Phi) is 4.34. The molecule has 2 saturated heterocycles. The van der Waals surface area contributed by atoms with Gasteiger partial charge in [0.1, 0.15) is 0 Å². The van der Waals surface area contributed by atoms with Crippen LogP contribution in [-0.2, 0) is 9.53 Å². The first kappa shape index (κ1) is 15.4. The number of carbonyl (C=O) groups excluding carboxylic acids is 1. The highest BCUT2D eigenvalue weighted by molar-refractivity contribution is 5.79. The van der Waals surface area contributed by atoms with Crippen molar-refractivity contribution >= 4 is 11.6 Å². The van der Waals surface area contributed by atoms with Crippen LogP contribution < -0.4 is 4.74 Å². The summed E-state index contributed by atoms with van der Waals surface area (Å²) in [6.07, 6.45) is 6.34. The summed E-state index contributed by atoms with van der Waals surface area (Å²) in [5, 5.41) is 4.37. The number of hydrogen-bond donors (Lipinski definition) is 0. The van der Waals surface area contributed by atoms with Gasteiger partial charge in [-0.15, -0.1) is 5.10 Å². The summed E-state index contributed by atoms with van der Waals surface area (Å²) in [6.45, 7) is 3.58. The molecule has 1 unspecified atom stereocenters. The predicted molar refractivity (Wildman–Crippen MR) is 86.7 cm³/mol. The summed E-state index contributed by atoms with van der Waals surface area (Å²) in [4.78, 5) is 18.5. The number of rotatable bonds is 4. The molecular formula is C17H22N4O3. The van der Waals surface area contributed by atoms with Gasteiger partial charge >= 0.3 is 0 Å². The first-order chi connectivity index (χ1) is 11.8. The number of likely N-dealkylation sites (tertiary alicyclic amines) is 1. The lowest BCUT2D eigenvalue weighted by Crippen LogP contribution is -2.42. The van der Waals surface area contributed by atoms with Crippen molar-refractivity contribution in [3.63, 3.8) is 0 Å². The molecule has 0 aromatic carbocycles. The highest BCUT2D eigenvalue weighted by Crippen LogP contribution is 2.22. The van der Waals surface area contributed by atoms with Gasteiger partial charge in [-0.05, 0) is 31.2 Å². The maximum Gasteiger partial charge on any atom is 0.231 e. The summed E-state index contributed by atoms with van der Waals surface area (Å²) in [6, 6.07) is 3.74. The molecule has 2 aromatic heterocycles. The number of piperidine rings is 1. The zero-order valence-corrected chi connectivity index (χ0v) is 13.6. The molecule has 7 nitrogen and oxygen atoms in total. The molecule has 2 aliphatic rings. The smallest absolute Gasteiger partial charge is 0.231 e. The van der Waals surface area contributed by atoms with E-state index in [0.29, 0.717) is 25.0 Å². The molecule has 0 bridgehead atoms. The number of amides is 1. The third-order valence-electron chi connectivity index (χ3n) is 4.90. The lowest BCUT2D eigenvalue weighted by molar-refractivity contribution is -0.137. The first-order valence-corrected chi connectivity index (χ1v) is 8.59. The highest BCUT2D eigenvalue weighted by Gasteiger charge is 2.30. The van der Waals surface area contributed by atoms with E-state index in [4.69, 9.17) is 9.47 Å². The minimum Gasteiger partial charge on any atom is -0.476 e. The van der Waals surface area contributed by atoms with Crippen LogP contribution in [0.5, 0.6) is 5.88 Å². The van der Waals surface area contributed by atoms with Gasteiger partial charge < -0.3 is 14.4 Å². The van der Waals surface area contributed by atoms with Gasteiger partial charge in [0.15, 0.2) is 5.65 Å². The van der Waals surface area contributed by atoms with Crippen LogP contribution in [0.1, 0.15) is 19.3 Å². The molecular weight excluding hydrogens is 308 g/mol. The quantitative estimate of drug-likeness (QED) is 0.847. The summed E-state index contributed by atoms with van der Waals surface area (Å²) in [7, 11) is 0. The molecule has 4 heterocycles. The Hall–Kier alpha value is -2.15. The number of nitrogens with zero attached hydrogens (tertiary/aromatic N) is 4. The van der Waals surface area contributed by atoms with Crippen molar-refractivity contribution in [2.24, 2.45) is 11.8 Å². The maximum atomic E-state index is 12.4. The molecule has 128 valence electrons. The fourth-order valence-corrected chi connectivity index (χ4v) is 3.39. The Balaban J connectivity index is 1.26. The van der Waals surface area contributed by atoms with Crippen molar-refractivity contribution in [2.75, 3.05) is 32.9 Å². The monoisotopic (exact) mass is 330 g/mol. The van der Waals surface area contributed by atoms with Gasteiger partial charge in [0, 0.05) is 38.2 Å².